The maximum Gasteiger partial charge on any atom is 0.274 e. The Balaban J connectivity index is 1.49. The van der Waals surface area contributed by atoms with Gasteiger partial charge in [0.2, 0.25) is 0 Å². The van der Waals surface area contributed by atoms with Crippen molar-refractivity contribution in [2.45, 2.75) is 71.8 Å². The summed E-state index contributed by atoms with van der Waals surface area (Å²) in [6.07, 6.45) is 6.75. The Bertz CT molecular complexity index is 1090. The average Bonchev–Trinajstić information content (AvgIpc) is 3.46. The number of nitrogens with one attached hydrogen (secondary N) is 1. The Morgan fingerprint density at radius 2 is 1.94 bits per heavy atom. The molecule has 0 aromatic carbocycles. The van der Waals surface area contributed by atoms with Gasteiger partial charge in [0, 0.05) is 31.1 Å². The van der Waals surface area contributed by atoms with Crippen LogP contribution >= 0.6 is 11.3 Å². The van der Waals surface area contributed by atoms with Gasteiger partial charge in [0.05, 0.1) is 17.4 Å². The van der Waals surface area contributed by atoms with Gasteiger partial charge in [-0.2, -0.15) is 0 Å². The standard InChI is InChI=1S/C25H37N7O2S/c1-15(2)19-22(27-12-17-8-6-7-9-17)28-13-18(29-19)23(34)32-11-10-31(14-25(32,4)5)24-30-20(21(26)33)16(3)35-24/h13,15,17H,6-12,14H2,1-5H3,(H2,26,33)(H,27,28). The molecule has 1 aliphatic heterocycles. The van der Waals surface area contributed by atoms with Crippen LogP contribution < -0.4 is 16.0 Å². The van der Waals surface area contributed by atoms with Crippen molar-refractivity contribution < 1.29 is 9.59 Å². The maximum absolute atomic E-state index is 13.6. The van der Waals surface area contributed by atoms with Crippen LogP contribution in [0, 0.1) is 12.8 Å². The molecule has 2 aromatic rings. The molecule has 0 radical (unpaired) electrons. The molecule has 10 heteroatoms. The molecule has 1 saturated heterocycles. The SMILES string of the molecule is Cc1sc(N2CCN(C(=O)c3cnc(NCC4CCCC4)c(C(C)C)n3)C(C)(C)C2)nc1C(N)=O. The minimum absolute atomic E-state index is 0.112. The molecule has 0 atom stereocenters. The first-order valence-electron chi connectivity index (χ1n) is 12.5. The lowest BCUT2D eigenvalue weighted by molar-refractivity contribution is 0.0507. The minimum Gasteiger partial charge on any atom is -0.368 e. The third-order valence-electron chi connectivity index (χ3n) is 7.03. The molecule has 1 aliphatic carbocycles. The van der Waals surface area contributed by atoms with E-state index in [1.165, 1.54) is 37.0 Å². The molecule has 2 fully saturated rings. The highest BCUT2D eigenvalue weighted by Gasteiger charge is 2.39. The van der Waals surface area contributed by atoms with Crippen molar-refractivity contribution in [3.8, 4) is 0 Å². The fourth-order valence-corrected chi connectivity index (χ4v) is 6.02. The zero-order valence-corrected chi connectivity index (χ0v) is 22.2. The van der Waals surface area contributed by atoms with Crippen molar-refractivity contribution in [2.75, 3.05) is 36.4 Å². The van der Waals surface area contributed by atoms with Crippen LogP contribution in [0.25, 0.3) is 0 Å². The molecule has 4 rings (SSSR count). The third kappa shape index (κ3) is 5.42. The first-order valence-corrected chi connectivity index (χ1v) is 13.3. The first kappa shape index (κ1) is 25.3. The van der Waals surface area contributed by atoms with E-state index in [1.807, 2.05) is 25.7 Å². The molecule has 0 unspecified atom stereocenters. The molecule has 2 aliphatic rings. The van der Waals surface area contributed by atoms with Gasteiger partial charge in [0.25, 0.3) is 11.8 Å². The van der Waals surface area contributed by atoms with Crippen LogP contribution in [-0.2, 0) is 0 Å². The Labute approximate surface area is 211 Å². The zero-order chi connectivity index (χ0) is 25.3. The number of nitrogens with two attached hydrogens (primary N) is 1. The number of thiazole rings is 1. The molecule has 3 heterocycles. The predicted octanol–water partition coefficient (Wildman–Crippen LogP) is 3.81. The van der Waals surface area contributed by atoms with Crippen molar-refractivity contribution >= 4 is 34.1 Å². The topological polar surface area (TPSA) is 117 Å². The monoisotopic (exact) mass is 499 g/mol. The summed E-state index contributed by atoms with van der Waals surface area (Å²) in [5, 5.41) is 4.25. The van der Waals surface area contributed by atoms with Gasteiger partial charge in [-0.1, -0.05) is 26.7 Å². The molecule has 2 amide bonds. The lowest BCUT2D eigenvalue weighted by Crippen LogP contribution is -2.61. The molecule has 0 spiro atoms. The van der Waals surface area contributed by atoms with E-state index < -0.39 is 11.4 Å². The summed E-state index contributed by atoms with van der Waals surface area (Å²) in [5.41, 5.74) is 6.52. The van der Waals surface area contributed by atoms with Gasteiger partial charge >= 0.3 is 0 Å². The Hall–Kier alpha value is -2.75. The third-order valence-corrected chi connectivity index (χ3v) is 8.07. The number of piperazine rings is 1. The number of anilines is 2. The Morgan fingerprint density at radius 3 is 2.54 bits per heavy atom. The molecule has 0 bridgehead atoms. The molecule has 9 nitrogen and oxygen atoms in total. The van der Waals surface area contributed by atoms with E-state index in [-0.39, 0.29) is 11.8 Å². The lowest BCUT2D eigenvalue weighted by Gasteiger charge is -2.47. The van der Waals surface area contributed by atoms with Crippen molar-refractivity contribution in [1.82, 2.24) is 19.9 Å². The van der Waals surface area contributed by atoms with Crippen molar-refractivity contribution in [3.05, 3.63) is 28.2 Å². The van der Waals surface area contributed by atoms with Crippen LogP contribution in [0.1, 0.15) is 90.8 Å². The van der Waals surface area contributed by atoms with Gasteiger partial charge < -0.3 is 20.9 Å². The first-order chi connectivity index (χ1) is 16.6. The lowest BCUT2D eigenvalue weighted by atomic mass is 9.98. The van der Waals surface area contributed by atoms with Gasteiger partial charge in [-0.3, -0.25) is 9.59 Å². The highest BCUT2D eigenvalue weighted by molar-refractivity contribution is 7.15. The number of hydrogen-bond donors (Lipinski definition) is 2. The number of rotatable bonds is 7. The molecule has 3 N–H and O–H groups in total. The summed E-state index contributed by atoms with van der Waals surface area (Å²) in [4.78, 5) is 43.9. The highest BCUT2D eigenvalue weighted by Crippen LogP contribution is 2.32. The van der Waals surface area contributed by atoms with Gasteiger partial charge in [-0.05, 0) is 45.4 Å². The summed E-state index contributed by atoms with van der Waals surface area (Å²) in [6, 6.07) is 0. The molecule has 2 aromatic heterocycles. The number of amides is 2. The van der Waals surface area contributed by atoms with E-state index in [2.05, 4.69) is 34.0 Å². The zero-order valence-electron chi connectivity index (χ0n) is 21.4. The molecule has 35 heavy (non-hydrogen) atoms. The van der Waals surface area contributed by atoms with Gasteiger partial charge in [-0.15, -0.1) is 11.3 Å². The van der Waals surface area contributed by atoms with Crippen LogP contribution in [0.4, 0.5) is 10.9 Å². The second-order valence-corrected chi connectivity index (χ2v) is 11.8. The van der Waals surface area contributed by atoms with Crippen molar-refractivity contribution in [1.29, 1.82) is 0 Å². The number of primary amides is 1. The number of aromatic nitrogens is 3. The molecule has 190 valence electrons. The fraction of sp³-hybridized carbons (Fsp3) is 0.640. The Kier molecular flexibility index (Phi) is 7.30. The summed E-state index contributed by atoms with van der Waals surface area (Å²) >= 11 is 1.46. The quantitative estimate of drug-likeness (QED) is 0.595. The van der Waals surface area contributed by atoms with Gasteiger partial charge in [0.15, 0.2) is 5.13 Å². The minimum atomic E-state index is -0.515. The largest absolute Gasteiger partial charge is 0.368 e. The van der Waals surface area contributed by atoms with Crippen molar-refractivity contribution in [3.63, 3.8) is 0 Å². The van der Waals surface area contributed by atoms with Gasteiger partial charge in [-0.25, -0.2) is 15.0 Å². The number of nitrogens with zero attached hydrogens (tertiary/aromatic N) is 5. The number of carbonyl (C=O) groups excluding carboxylic acids is 2. The summed E-state index contributed by atoms with van der Waals surface area (Å²) < 4.78 is 0. The number of aryl methyl sites for hydroxylation is 1. The van der Waals surface area contributed by atoms with Crippen molar-refractivity contribution in [2.24, 2.45) is 11.7 Å². The van der Waals surface area contributed by atoms with E-state index in [1.54, 1.807) is 6.20 Å². The summed E-state index contributed by atoms with van der Waals surface area (Å²) in [6.45, 7) is 12.7. The summed E-state index contributed by atoms with van der Waals surface area (Å²) in [5.74, 6) is 1.00. The van der Waals surface area contributed by atoms with E-state index in [0.29, 0.717) is 36.9 Å². The highest BCUT2D eigenvalue weighted by atomic mass is 32.1. The van der Waals surface area contributed by atoms with Gasteiger partial charge in [0.1, 0.15) is 17.2 Å². The average molecular weight is 500 g/mol. The van der Waals surface area contributed by atoms with E-state index in [0.717, 1.165) is 28.1 Å². The molecular weight excluding hydrogens is 462 g/mol. The number of carbonyl (C=O) groups is 2. The van der Waals surface area contributed by atoms with E-state index >= 15 is 0 Å². The second kappa shape index (κ2) is 10.1. The summed E-state index contributed by atoms with van der Waals surface area (Å²) in [7, 11) is 0. The van der Waals surface area contributed by atoms with Crippen LogP contribution in [-0.4, -0.2) is 63.4 Å². The Morgan fingerprint density at radius 1 is 1.23 bits per heavy atom. The molecular formula is C25H37N7O2S. The number of hydrogen-bond acceptors (Lipinski definition) is 8. The van der Waals surface area contributed by atoms with Crippen LogP contribution in [0.15, 0.2) is 6.20 Å². The predicted molar refractivity (Wildman–Crippen MR) is 139 cm³/mol. The fourth-order valence-electron chi connectivity index (χ4n) is 5.08. The van der Waals surface area contributed by atoms with E-state index in [9.17, 15) is 9.59 Å². The maximum atomic E-state index is 13.6. The second-order valence-electron chi connectivity index (χ2n) is 10.6. The smallest absolute Gasteiger partial charge is 0.274 e. The normalized spacial score (nSPS) is 18.3. The van der Waals surface area contributed by atoms with Crippen LogP contribution in [0.2, 0.25) is 0 Å². The van der Waals surface area contributed by atoms with E-state index in [4.69, 9.17) is 10.7 Å². The molecule has 1 saturated carbocycles. The van der Waals surface area contributed by atoms with Crippen LogP contribution in [0.5, 0.6) is 0 Å². The van der Waals surface area contributed by atoms with Crippen LogP contribution in [0.3, 0.4) is 0 Å².